The van der Waals surface area contributed by atoms with Crippen molar-refractivity contribution in [3.8, 4) is 0 Å². The third-order valence-electron chi connectivity index (χ3n) is 4.87. The lowest BCUT2D eigenvalue weighted by Crippen LogP contribution is -2.42. The molecule has 1 aromatic rings. The van der Waals surface area contributed by atoms with Crippen molar-refractivity contribution in [1.82, 2.24) is 4.72 Å². The van der Waals surface area contributed by atoms with E-state index < -0.39 is 10.0 Å². The molecule has 1 saturated carbocycles. The molecule has 0 spiro atoms. The van der Waals surface area contributed by atoms with Gasteiger partial charge in [0, 0.05) is 31.3 Å². The molecule has 1 aromatic carbocycles. The number of hydrogen-bond donors (Lipinski definition) is 1. The van der Waals surface area contributed by atoms with Crippen LogP contribution in [-0.4, -0.2) is 40.6 Å². The average Bonchev–Trinajstić information content (AvgIpc) is 2.80. The summed E-state index contributed by atoms with van der Waals surface area (Å²) in [7, 11) is -2.03. The van der Waals surface area contributed by atoms with Gasteiger partial charge in [-0.3, -0.25) is 4.79 Å². The maximum atomic E-state index is 12.6. The van der Waals surface area contributed by atoms with Crippen molar-refractivity contribution in [3.05, 3.63) is 23.8 Å². The second kappa shape index (κ2) is 6.82. The van der Waals surface area contributed by atoms with Crippen LogP contribution >= 0.6 is 0 Å². The third-order valence-corrected chi connectivity index (χ3v) is 6.33. The summed E-state index contributed by atoms with van der Waals surface area (Å²) in [5, 5.41) is 0. The number of carbonyl (C=O) groups is 1. The van der Waals surface area contributed by atoms with E-state index in [9.17, 15) is 13.2 Å². The van der Waals surface area contributed by atoms with E-state index in [1.54, 1.807) is 18.2 Å². The van der Waals surface area contributed by atoms with Gasteiger partial charge in [-0.05, 0) is 49.9 Å². The minimum absolute atomic E-state index is 0.0764. The van der Waals surface area contributed by atoms with Crippen molar-refractivity contribution in [2.24, 2.45) is 5.92 Å². The molecule has 1 aliphatic heterocycles. The van der Waals surface area contributed by atoms with Crippen LogP contribution in [0.15, 0.2) is 23.1 Å². The second-order valence-corrected chi connectivity index (χ2v) is 8.34. The van der Waals surface area contributed by atoms with Gasteiger partial charge >= 0.3 is 0 Å². The summed E-state index contributed by atoms with van der Waals surface area (Å²) in [6.45, 7) is 2.57. The average molecular weight is 352 g/mol. The van der Waals surface area contributed by atoms with E-state index >= 15 is 0 Å². The Morgan fingerprint density at radius 2 is 2.12 bits per heavy atom. The highest BCUT2D eigenvalue weighted by Crippen LogP contribution is 2.38. The number of nitrogens with zero attached hydrogens (tertiary/aromatic N) is 1. The fourth-order valence-corrected chi connectivity index (χ4v) is 4.39. The molecule has 1 amide bonds. The summed E-state index contributed by atoms with van der Waals surface area (Å²) >= 11 is 0. The van der Waals surface area contributed by atoms with Crippen LogP contribution in [0.4, 0.5) is 5.69 Å². The number of fused-ring (bicyclic) bond motifs is 1. The van der Waals surface area contributed by atoms with E-state index in [0.717, 1.165) is 30.5 Å². The highest BCUT2D eigenvalue weighted by Gasteiger charge is 2.37. The van der Waals surface area contributed by atoms with Crippen molar-refractivity contribution < 1.29 is 17.9 Å². The number of sulfonamides is 1. The Bertz CT molecular complexity index is 728. The van der Waals surface area contributed by atoms with E-state index in [0.29, 0.717) is 13.0 Å². The summed E-state index contributed by atoms with van der Waals surface area (Å²) in [6, 6.07) is 5.11. The Hall–Kier alpha value is -1.44. The van der Waals surface area contributed by atoms with Crippen LogP contribution in [0.5, 0.6) is 0 Å². The van der Waals surface area contributed by atoms with Gasteiger partial charge in [0.05, 0.1) is 11.5 Å². The van der Waals surface area contributed by atoms with Gasteiger partial charge in [-0.25, -0.2) is 13.1 Å². The molecule has 0 unspecified atom stereocenters. The first-order valence-electron chi connectivity index (χ1n) is 8.38. The number of benzene rings is 1. The van der Waals surface area contributed by atoms with Gasteiger partial charge < -0.3 is 9.64 Å². The summed E-state index contributed by atoms with van der Waals surface area (Å²) < 4.78 is 32.0. The number of nitrogens with one attached hydrogen (secondary N) is 1. The molecule has 0 saturated heterocycles. The predicted octanol–water partition coefficient (Wildman–Crippen LogP) is 1.69. The number of methoxy groups -OCH3 is 1. The first kappa shape index (κ1) is 17.4. The SMILES string of the molecule is COCCNS(=O)(=O)c1ccc2c(c1)C[C@@H](C)N2C(=O)C1CCC1. The molecular formula is C17H24N2O4S. The van der Waals surface area contributed by atoms with E-state index in [1.165, 1.54) is 7.11 Å². The quantitative estimate of drug-likeness (QED) is 0.791. The Balaban J connectivity index is 1.82. The molecule has 3 rings (SSSR count). The lowest BCUT2D eigenvalue weighted by atomic mass is 9.84. The van der Waals surface area contributed by atoms with Crippen LogP contribution in [-0.2, 0) is 26.0 Å². The van der Waals surface area contributed by atoms with E-state index in [1.807, 2.05) is 11.8 Å². The molecule has 1 aliphatic carbocycles. The smallest absolute Gasteiger partial charge is 0.240 e. The van der Waals surface area contributed by atoms with Crippen molar-refractivity contribution in [2.75, 3.05) is 25.2 Å². The van der Waals surface area contributed by atoms with Gasteiger partial charge in [-0.1, -0.05) is 6.42 Å². The molecular weight excluding hydrogens is 328 g/mol. The first-order chi connectivity index (χ1) is 11.4. The number of ether oxygens (including phenoxy) is 1. The maximum Gasteiger partial charge on any atom is 0.240 e. The molecule has 6 nitrogen and oxygen atoms in total. The van der Waals surface area contributed by atoms with Crippen LogP contribution in [0.1, 0.15) is 31.7 Å². The topological polar surface area (TPSA) is 75.7 Å². The summed E-state index contributed by atoms with van der Waals surface area (Å²) in [5.74, 6) is 0.318. The van der Waals surface area contributed by atoms with Gasteiger partial charge in [0.2, 0.25) is 15.9 Å². The maximum absolute atomic E-state index is 12.6. The number of amides is 1. The molecule has 1 atom stereocenters. The monoisotopic (exact) mass is 352 g/mol. The van der Waals surface area contributed by atoms with Gasteiger partial charge in [0.1, 0.15) is 0 Å². The fourth-order valence-electron chi connectivity index (χ4n) is 3.32. The van der Waals surface area contributed by atoms with Gasteiger partial charge in [0.25, 0.3) is 0 Å². The van der Waals surface area contributed by atoms with Gasteiger partial charge in [-0.2, -0.15) is 0 Å². The van der Waals surface area contributed by atoms with E-state index in [2.05, 4.69) is 4.72 Å². The third kappa shape index (κ3) is 3.20. The van der Waals surface area contributed by atoms with Gasteiger partial charge in [-0.15, -0.1) is 0 Å². The molecule has 0 aromatic heterocycles. The van der Waals surface area contributed by atoms with Gasteiger partial charge in [0.15, 0.2) is 0 Å². The molecule has 0 radical (unpaired) electrons. The normalized spacial score (nSPS) is 20.8. The van der Waals surface area contributed by atoms with Crippen LogP contribution in [0.3, 0.4) is 0 Å². The molecule has 2 aliphatic rings. The predicted molar refractivity (Wildman–Crippen MR) is 91.5 cm³/mol. The first-order valence-corrected chi connectivity index (χ1v) is 9.87. The Kier molecular flexibility index (Phi) is 4.94. The Morgan fingerprint density at radius 3 is 2.75 bits per heavy atom. The lowest BCUT2D eigenvalue weighted by molar-refractivity contribution is -0.125. The molecule has 1 fully saturated rings. The molecule has 7 heteroatoms. The number of anilines is 1. The van der Waals surface area contributed by atoms with Crippen molar-refractivity contribution >= 4 is 21.6 Å². The van der Waals surface area contributed by atoms with Crippen molar-refractivity contribution in [2.45, 2.75) is 43.5 Å². The number of hydrogen-bond acceptors (Lipinski definition) is 4. The summed E-state index contributed by atoms with van der Waals surface area (Å²) in [5.41, 5.74) is 1.78. The Morgan fingerprint density at radius 1 is 1.38 bits per heavy atom. The largest absolute Gasteiger partial charge is 0.383 e. The van der Waals surface area contributed by atoms with Crippen LogP contribution < -0.4 is 9.62 Å². The van der Waals surface area contributed by atoms with Crippen LogP contribution in [0.2, 0.25) is 0 Å². The summed E-state index contributed by atoms with van der Waals surface area (Å²) in [6.07, 6.45) is 3.74. The minimum atomic E-state index is -3.55. The zero-order valence-electron chi connectivity index (χ0n) is 14.1. The highest BCUT2D eigenvalue weighted by molar-refractivity contribution is 7.89. The summed E-state index contributed by atoms with van der Waals surface area (Å²) in [4.78, 5) is 14.7. The zero-order valence-corrected chi connectivity index (χ0v) is 14.9. The zero-order chi connectivity index (χ0) is 17.3. The molecule has 1 heterocycles. The molecule has 24 heavy (non-hydrogen) atoms. The van der Waals surface area contributed by atoms with Crippen molar-refractivity contribution in [3.63, 3.8) is 0 Å². The Labute approximate surface area is 143 Å². The fraction of sp³-hybridized carbons (Fsp3) is 0.588. The molecule has 0 bridgehead atoms. The van der Waals surface area contributed by atoms with Crippen LogP contribution in [0, 0.1) is 5.92 Å². The molecule has 1 N–H and O–H groups in total. The lowest BCUT2D eigenvalue weighted by Gasteiger charge is -2.32. The molecule has 132 valence electrons. The van der Waals surface area contributed by atoms with E-state index in [-0.39, 0.29) is 29.3 Å². The highest BCUT2D eigenvalue weighted by atomic mass is 32.2. The minimum Gasteiger partial charge on any atom is -0.383 e. The number of carbonyl (C=O) groups excluding carboxylic acids is 1. The standard InChI is InChI=1S/C17H24N2O4S/c1-12-10-14-11-15(24(21,22)18-8-9-23-2)6-7-16(14)19(12)17(20)13-4-3-5-13/h6-7,11-13,18H,3-5,8-10H2,1-2H3/t12-/m1/s1. The second-order valence-electron chi connectivity index (χ2n) is 6.57. The van der Waals surface area contributed by atoms with E-state index in [4.69, 9.17) is 4.74 Å². The van der Waals surface area contributed by atoms with Crippen LogP contribution in [0.25, 0.3) is 0 Å². The van der Waals surface area contributed by atoms with Crippen molar-refractivity contribution in [1.29, 1.82) is 0 Å². The number of rotatable bonds is 6.